The van der Waals surface area contributed by atoms with Crippen molar-refractivity contribution < 1.29 is 8.81 Å². The highest BCUT2D eigenvalue weighted by Gasteiger charge is 2.20. The van der Waals surface area contributed by atoms with Gasteiger partial charge in [0.15, 0.2) is 5.96 Å². The second kappa shape index (κ2) is 10.2. The Labute approximate surface area is 182 Å². The molecule has 1 aliphatic heterocycles. The van der Waals surface area contributed by atoms with E-state index in [4.69, 9.17) is 4.42 Å². The third kappa shape index (κ3) is 5.92. The number of hydrogen-bond donors (Lipinski definition) is 2. The molecule has 2 heterocycles. The molecule has 0 unspecified atom stereocenters. The van der Waals surface area contributed by atoms with Gasteiger partial charge in [0, 0.05) is 38.3 Å². The second-order valence-electron chi connectivity index (χ2n) is 7.76. The van der Waals surface area contributed by atoms with Crippen molar-refractivity contribution in [2.75, 3.05) is 20.1 Å². The van der Waals surface area contributed by atoms with Crippen molar-refractivity contribution in [3.63, 3.8) is 0 Å². The molecule has 0 atom stereocenters. The Morgan fingerprint density at radius 3 is 2.58 bits per heavy atom. The number of likely N-dealkylation sites (tertiary alicyclic amines) is 1. The van der Waals surface area contributed by atoms with Crippen molar-refractivity contribution in [2.24, 2.45) is 4.99 Å². The molecule has 31 heavy (non-hydrogen) atoms. The Morgan fingerprint density at radius 1 is 1.13 bits per heavy atom. The fraction of sp³-hybridized carbons (Fsp3) is 0.333. The molecule has 6 nitrogen and oxygen atoms in total. The van der Waals surface area contributed by atoms with E-state index in [-0.39, 0.29) is 5.82 Å². The zero-order valence-corrected chi connectivity index (χ0v) is 17.7. The largest absolute Gasteiger partial charge is 0.444 e. The average molecular weight is 422 g/mol. The highest BCUT2D eigenvalue weighted by atomic mass is 19.1. The van der Waals surface area contributed by atoms with E-state index in [0.717, 1.165) is 55.3 Å². The normalized spacial score (nSPS) is 15.7. The number of aromatic nitrogens is 1. The van der Waals surface area contributed by atoms with E-state index in [1.807, 2.05) is 42.5 Å². The van der Waals surface area contributed by atoms with Crippen LogP contribution in [0, 0.1) is 5.82 Å². The lowest BCUT2D eigenvalue weighted by Gasteiger charge is -2.33. The molecule has 0 amide bonds. The Balaban J connectivity index is 1.22. The summed E-state index contributed by atoms with van der Waals surface area (Å²) in [5.74, 6) is 1.20. The Hall–Kier alpha value is -3.19. The summed E-state index contributed by atoms with van der Waals surface area (Å²) in [6, 6.07) is 17.0. The van der Waals surface area contributed by atoms with Gasteiger partial charge in [-0.05, 0) is 42.7 Å². The highest BCUT2D eigenvalue weighted by Crippen LogP contribution is 2.18. The van der Waals surface area contributed by atoms with Gasteiger partial charge >= 0.3 is 0 Å². The molecule has 1 aromatic heterocycles. The molecule has 1 fully saturated rings. The molecule has 162 valence electrons. The minimum Gasteiger partial charge on any atom is -0.444 e. The van der Waals surface area contributed by atoms with E-state index >= 15 is 0 Å². The molecule has 0 bridgehead atoms. The first-order valence-electron chi connectivity index (χ1n) is 10.6. The van der Waals surface area contributed by atoms with Crippen LogP contribution < -0.4 is 10.6 Å². The van der Waals surface area contributed by atoms with Crippen LogP contribution in [-0.4, -0.2) is 42.0 Å². The molecule has 7 heteroatoms. The zero-order chi connectivity index (χ0) is 21.5. The second-order valence-corrected chi connectivity index (χ2v) is 7.76. The van der Waals surface area contributed by atoms with E-state index < -0.39 is 0 Å². The van der Waals surface area contributed by atoms with Crippen molar-refractivity contribution in [3.8, 4) is 11.5 Å². The zero-order valence-electron chi connectivity index (χ0n) is 17.7. The average Bonchev–Trinajstić information content (AvgIpc) is 3.29. The number of aliphatic imine (C=N–C) groups is 1. The third-order valence-corrected chi connectivity index (χ3v) is 5.48. The molecule has 0 aliphatic carbocycles. The Morgan fingerprint density at radius 2 is 1.87 bits per heavy atom. The maximum Gasteiger partial charge on any atom is 0.226 e. The summed E-state index contributed by atoms with van der Waals surface area (Å²) in [5, 5.41) is 6.83. The van der Waals surface area contributed by atoms with Crippen molar-refractivity contribution in [1.29, 1.82) is 0 Å². The number of benzene rings is 2. The van der Waals surface area contributed by atoms with Crippen LogP contribution in [0.3, 0.4) is 0 Å². The van der Waals surface area contributed by atoms with Gasteiger partial charge in [0.1, 0.15) is 12.1 Å². The quantitative estimate of drug-likeness (QED) is 0.468. The van der Waals surface area contributed by atoms with Gasteiger partial charge in [-0.1, -0.05) is 30.3 Å². The Bertz CT molecular complexity index is 979. The number of oxazole rings is 1. The number of guanidine groups is 1. The molecule has 1 aliphatic rings. The number of nitrogens with one attached hydrogen (secondary N) is 2. The number of piperidine rings is 1. The summed E-state index contributed by atoms with van der Waals surface area (Å²) < 4.78 is 18.7. The maximum atomic E-state index is 13.1. The van der Waals surface area contributed by atoms with Crippen LogP contribution in [0.5, 0.6) is 0 Å². The fourth-order valence-electron chi connectivity index (χ4n) is 3.75. The highest BCUT2D eigenvalue weighted by molar-refractivity contribution is 5.79. The van der Waals surface area contributed by atoms with Gasteiger partial charge in [0.2, 0.25) is 5.89 Å². The van der Waals surface area contributed by atoms with Crippen LogP contribution in [0.4, 0.5) is 4.39 Å². The molecule has 0 saturated carbocycles. The summed E-state index contributed by atoms with van der Waals surface area (Å²) >= 11 is 0. The Kier molecular flexibility index (Phi) is 6.94. The van der Waals surface area contributed by atoms with Crippen LogP contribution in [0.15, 0.2) is 70.3 Å². The summed E-state index contributed by atoms with van der Waals surface area (Å²) in [6.07, 6.45) is 3.74. The van der Waals surface area contributed by atoms with E-state index in [9.17, 15) is 4.39 Å². The molecule has 4 rings (SSSR count). The lowest BCUT2D eigenvalue weighted by Crippen LogP contribution is -2.48. The van der Waals surface area contributed by atoms with E-state index in [1.165, 1.54) is 12.1 Å². The molecule has 1 saturated heterocycles. The fourth-order valence-corrected chi connectivity index (χ4v) is 3.75. The SMILES string of the molecule is CN=C(NCc1coc(-c2ccccc2)n1)NC1CCN(Cc2ccc(F)cc2)CC1. The standard InChI is InChI=1S/C24H28FN5O/c1-26-24(27-15-22-17-31-23(28-22)19-5-3-2-4-6-19)29-21-11-13-30(14-12-21)16-18-7-9-20(25)10-8-18/h2-10,17,21H,11-16H2,1H3,(H2,26,27,29). The number of halogens is 1. The predicted octanol–water partition coefficient (Wildman–Crippen LogP) is 3.81. The third-order valence-electron chi connectivity index (χ3n) is 5.48. The molecular weight excluding hydrogens is 393 g/mol. The van der Waals surface area contributed by atoms with E-state index in [1.54, 1.807) is 13.3 Å². The molecule has 2 N–H and O–H groups in total. The van der Waals surface area contributed by atoms with E-state index in [0.29, 0.717) is 18.5 Å². The molecule has 0 spiro atoms. The van der Waals surface area contributed by atoms with Gasteiger partial charge in [-0.3, -0.25) is 9.89 Å². The maximum absolute atomic E-state index is 13.1. The van der Waals surface area contributed by atoms with Crippen LogP contribution >= 0.6 is 0 Å². The number of hydrogen-bond acceptors (Lipinski definition) is 4. The van der Waals surface area contributed by atoms with Crippen molar-refractivity contribution in [3.05, 3.63) is 77.9 Å². The first-order chi connectivity index (χ1) is 15.2. The first kappa shape index (κ1) is 21.1. The van der Waals surface area contributed by atoms with Gasteiger partial charge < -0.3 is 15.1 Å². The number of nitrogens with zero attached hydrogens (tertiary/aromatic N) is 3. The number of rotatable bonds is 6. The lowest BCUT2D eigenvalue weighted by atomic mass is 10.0. The smallest absolute Gasteiger partial charge is 0.226 e. The van der Waals surface area contributed by atoms with Crippen LogP contribution in [0.1, 0.15) is 24.1 Å². The molecule has 0 radical (unpaired) electrons. The lowest BCUT2D eigenvalue weighted by molar-refractivity contribution is 0.198. The minimum absolute atomic E-state index is 0.188. The van der Waals surface area contributed by atoms with E-state index in [2.05, 4.69) is 25.5 Å². The van der Waals surface area contributed by atoms with Gasteiger partial charge in [-0.25, -0.2) is 9.37 Å². The van der Waals surface area contributed by atoms with Gasteiger partial charge in [-0.2, -0.15) is 0 Å². The van der Waals surface area contributed by atoms with Gasteiger partial charge in [0.05, 0.1) is 12.2 Å². The van der Waals surface area contributed by atoms with Crippen LogP contribution in [-0.2, 0) is 13.1 Å². The summed E-state index contributed by atoms with van der Waals surface area (Å²) in [5.41, 5.74) is 2.94. The van der Waals surface area contributed by atoms with Gasteiger partial charge in [0.25, 0.3) is 0 Å². The minimum atomic E-state index is -0.188. The van der Waals surface area contributed by atoms with Gasteiger partial charge in [-0.15, -0.1) is 0 Å². The molecule has 3 aromatic rings. The molecular formula is C24H28FN5O. The van der Waals surface area contributed by atoms with Crippen molar-refractivity contribution in [2.45, 2.75) is 32.0 Å². The summed E-state index contributed by atoms with van der Waals surface area (Å²) in [7, 11) is 1.77. The first-order valence-corrected chi connectivity index (χ1v) is 10.6. The topological polar surface area (TPSA) is 65.7 Å². The molecule has 2 aromatic carbocycles. The van der Waals surface area contributed by atoms with Crippen molar-refractivity contribution >= 4 is 5.96 Å². The van der Waals surface area contributed by atoms with Crippen LogP contribution in [0.25, 0.3) is 11.5 Å². The summed E-state index contributed by atoms with van der Waals surface area (Å²) in [6.45, 7) is 3.39. The monoisotopic (exact) mass is 421 g/mol. The van der Waals surface area contributed by atoms with Crippen molar-refractivity contribution in [1.82, 2.24) is 20.5 Å². The van der Waals surface area contributed by atoms with Crippen LogP contribution in [0.2, 0.25) is 0 Å². The predicted molar refractivity (Wildman–Crippen MR) is 120 cm³/mol. The summed E-state index contributed by atoms with van der Waals surface area (Å²) in [4.78, 5) is 11.3.